The van der Waals surface area contributed by atoms with Crippen LogP contribution in [-0.4, -0.2) is 29.4 Å². The number of rotatable bonds is 6. The van der Waals surface area contributed by atoms with Crippen LogP contribution in [-0.2, 0) is 17.6 Å². The molecule has 2 aromatic rings. The fourth-order valence-corrected chi connectivity index (χ4v) is 2.75. The lowest BCUT2D eigenvalue weighted by Crippen LogP contribution is -2.22. The average Bonchev–Trinajstić information content (AvgIpc) is 2.88. The first kappa shape index (κ1) is 18.7. The van der Waals surface area contributed by atoms with E-state index in [-0.39, 0.29) is 12.6 Å². The Bertz CT molecular complexity index is 675. The molecule has 0 saturated heterocycles. The SMILES string of the molecule is Cc1ccc(-c2nc(C(F)(F)F)nn2COCC[Si](C)(C)C)cc1. The molecule has 8 heteroatoms. The molecule has 0 atom stereocenters. The molecule has 0 unspecified atom stereocenters. The molecule has 0 radical (unpaired) electrons. The van der Waals surface area contributed by atoms with Crippen LogP contribution in [0, 0.1) is 6.92 Å². The van der Waals surface area contributed by atoms with Gasteiger partial charge in [-0.15, -0.1) is 5.10 Å². The molecule has 0 amide bonds. The van der Waals surface area contributed by atoms with E-state index in [1.54, 1.807) is 12.1 Å². The predicted octanol–water partition coefficient (Wildman–Crippen LogP) is 4.58. The number of nitrogens with zero attached hydrogens (tertiary/aromatic N) is 3. The zero-order chi connectivity index (χ0) is 18.0. The van der Waals surface area contributed by atoms with Gasteiger partial charge in [-0.3, -0.25) is 0 Å². The van der Waals surface area contributed by atoms with Crippen molar-refractivity contribution in [2.24, 2.45) is 0 Å². The minimum atomic E-state index is -4.58. The molecule has 4 nitrogen and oxygen atoms in total. The highest BCUT2D eigenvalue weighted by molar-refractivity contribution is 6.76. The van der Waals surface area contributed by atoms with E-state index in [2.05, 4.69) is 29.7 Å². The first-order valence-electron chi connectivity index (χ1n) is 7.73. The van der Waals surface area contributed by atoms with E-state index in [0.717, 1.165) is 11.6 Å². The third kappa shape index (κ3) is 5.17. The Hall–Kier alpha value is -1.67. The minimum Gasteiger partial charge on any atom is -0.359 e. The fraction of sp³-hybridized carbons (Fsp3) is 0.500. The van der Waals surface area contributed by atoms with Crippen molar-refractivity contribution in [2.75, 3.05) is 6.61 Å². The van der Waals surface area contributed by atoms with Crippen LogP contribution in [0.3, 0.4) is 0 Å². The van der Waals surface area contributed by atoms with Crippen molar-refractivity contribution in [1.82, 2.24) is 14.8 Å². The maximum Gasteiger partial charge on any atom is 0.453 e. The Morgan fingerprint density at radius 2 is 1.75 bits per heavy atom. The van der Waals surface area contributed by atoms with Gasteiger partial charge in [0.2, 0.25) is 0 Å². The zero-order valence-electron chi connectivity index (χ0n) is 14.3. The molecule has 0 spiro atoms. The van der Waals surface area contributed by atoms with Gasteiger partial charge in [-0.05, 0) is 13.0 Å². The van der Waals surface area contributed by atoms with Gasteiger partial charge in [0, 0.05) is 20.2 Å². The summed E-state index contributed by atoms with van der Waals surface area (Å²) in [5.74, 6) is -0.984. The van der Waals surface area contributed by atoms with Gasteiger partial charge in [0.05, 0.1) is 0 Å². The summed E-state index contributed by atoms with van der Waals surface area (Å²) in [6.45, 7) is 9.01. The molecule has 2 rings (SSSR count). The summed E-state index contributed by atoms with van der Waals surface area (Å²) >= 11 is 0. The van der Waals surface area contributed by atoms with E-state index in [4.69, 9.17) is 4.74 Å². The number of hydrogen-bond acceptors (Lipinski definition) is 3. The molecule has 1 heterocycles. The lowest BCUT2D eigenvalue weighted by Gasteiger charge is -2.15. The number of alkyl halides is 3. The van der Waals surface area contributed by atoms with Crippen LogP contribution in [0.25, 0.3) is 11.4 Å². The second-order valence-corrected chi connectivity index (χ2v) is 12.6. The maximum absolute atomic E-state index is 12.9. The van der Waals surface area contributed by atoms with E-state index in [1.165, 1.54) is 4.68 Å². The van der Waals surface area contributed by atoms with Crippen LogP contribution < -0.4 is 0 Å². The summed E-state index contributed by atoms with van der Waals surface area (Å²) in [7, 11) is -1.25. The number of aryl methyl sites for hydroxylation is 1. The molecular formula is C16H22F3N3OSi. The van der Waals surface area contributed by atoms with Gasteiger partial charge in [0.15, 0.2) is 5.82 Å². The minimum absolute atomic E-state index is 0.0449. The summed E-state index contributed by atoms with van der Waals surface area (Å²) in [6.07, 6.45) is -4.58. The maximum atomic E-state index is 12.9. The van der Waals surface area contributed by atoms with E-state index >= 15 is 0 Å². The normalized spacial score (nSPS) is 12.6. The molecule has 24 heavy (non-hydrogen) atoms. The van der Waals surface area contributed by atoms with Gasteiger partial charge in [-0.2, -0.15) is 13.2 Å². The van der Waals surface area contributed by atoms with E-state index in [1.807, 2.05) is 19.1 Å². The van der Waals surface area contributed by atoms with Crippen LogP contribution in [0.5, 0.6) is 0 Å². The van der Waals surface area contributed by atoms with Gasteiger partial charge in [-0.25, -0.2) is 9.67 Å². The number of ether oxygens (including phenoxy) is 1. The lowest BCUT2D eigenvalue weighted by atomic mass is 10.1. The van der Waals surface area contributed by atoms with Crippen molar-refractivity contribution in [3.05, 3.63) is 35.7 Å². The van der Waals surface area contributed by atoms with Gasteiger partial charge >= 0.3 is 6.18 Å². The molecule has 0 fully saturated rings. The summed E-state index contributed by atoms with van der Waals surface area (Å²) in [6, 6.07) is 8.06. The largest absolute Gasteiger partial charge is 0.453 e. The smallest absolute Gasteiger partial charge is 0.359 e. The number of hydrogen-bond donors (Lipinski definition) is 0. The van der Waals surface area contributed by atoms with Crippen LogP contribution in [0.4, 0.5) is 13.2 Å². The molecule has 0 aliphatic carbocycles. The Morgan fingerprint density at radius 3 is 2.29 bits per heavy atom. The summed E-state index contributed by atoms with van der Waals surface area (Å²) < 4.78 is 45.5. The van der Waals surface area contributed by atoms with Crippen LogP contribution in [0.1, 0.15) is 11.4 Å². The molecule has 0 bridgehead atoms. The highest BCUT2D eigenvalue weighted by Gasteiger charge is 2.37. The fourth-order valence-electron chi connectivity index (χ4n) is 2.00. The molecule has 0 aliphatic rings. The van der Waals surface area contributed by atoms with Crippen molar-refractivity contribution >= 4 is 8.07 Å². The molecule has 0 aliphatic heterocycles. The van der Waals surface area contributed by atoms with E-state index in [0.29, 0.717) is 12.2 Å². The molecule has 0 saturated carbocycles. The first-order valence-corrected chi connectivity index (χ1v) is 11.4. The molecule has 132 valence electrons. The first-order chi connectivity index (χ1) is 11.1. The quantitative estimate of drug-likeness (QED) is 0.561. The summed E-state index contributed by atoms with van der Waals surface area (Å²) in [5, 5.41) is 3.58. The van der Waals surface area contributed by atoms with Gasteiger partial charge in [0.25, 0.3) is 5.82 Å². The standard InChI is InChI=1S/C16H22F3N3OSi/c1-12-5-7-13(8-6-12)14-20-15(16(17,18)19)21-22(14)11-23-9-10-24(2,3)4/h5-8H,9-11H2,1-4H3. The van der Waals surface area contributed by atoms with Crippen LogP contribution in [0.15, 0.2) is 24.3 Å². The summed E-state index contributed by atoms with van der Waals surface area (Å²) in [5.41, 5.74) is 1.60. The Morgan fingerprint density at radius 1 is 1.12 bits per heavy atom. The van der Waals surface area contributed by atoms with Gasteiger partial charge in [-0.1, -0.05) is 49.5 Å². The van der Waals surface area contributed by atoms with Crippen molar-refractivity contribution in [1.29, 1.82) is 0 Å². The van der Waals surface area contributed by atoms with Crippen molar-refractivity contribution in [3.8, 4) is 11.4 Å². The average molecular weight is 357 g/mol. The van der Waals surface area contributed by atoms with Crippen LogP contribution >= 0.6 is 0 Å². The molecule has 1 aromatic heterocycles. The highest BCUT2D eigenvalue weighted by Crippen LogP contribution is 2.29. The second-order valence-electron chi connectivity index (χ2n) is 6.97. The number of benzene rings is 1. The van der Waals surface area contributed by atoms with Crippen molar-refractivity contribution in [2.45, 2.75) is 45.5 Å². The topological polar surface area (TPSA) is 39.9 Å². The van der Waals surface area contributed by atoms with E-state index < -0.39 is 20.1 Å². The molecule has 1 aromatic carbocycles. The number of aromatic nitrogens is 3. The van der Waals surface area contributed by atoms with Crippen molar-refractivity contribution in [3.63, 3.8) is 0 Å². The predicted molar refractivity (Wildman–Crippen MR) is 89.3 cm³/mol. The van der Waals surface area contributed by atoms with E-state index in [9.17, 15) is 13.2 Å². The third-order valence-electron chi connectivity index (χ3n) is 3.45. The van der Waals surface area contributed by atoms with Crippen molar-refractivity contribution < 1.29 is 17.9 Å². The molecule has 0 N–H and O–H groups in total. The highest BCUT2D eigenvalue weighted by atomic mass is 28.3. The monoisotopic (exact) mass is 357 g/mol. The number of halogens is 3. The third-order valence-corrected chi connectivity index (χ3v) is 5.15. The summed E-state index contributed by atoms with van der Waals surface area (Å²) in [4.78, 5) is 3.66. The van der Waals surface area contributed by atoms with Gasteiger partial charge < -0.3 is 4.74 Å². The zero-order valence-corrected chi connectivity index (χ0v) is 15.3. The van der Waals surface area contributed by atoms with Gasteiger partial charge in [0.1, 0.15) is 6.73 Å². The Balaban J connectivity index is 2.21. The Labute approximate surface area is 140 Å². The van der Waals surface area contributed by atoms with Crippen LogP contribution in [0.2, 0.25) is 25.7 Å². The molecular weight excluding hydrogens is 335 g/mol. The lowest BCUT2D eigenvalue weighted by molar-refractivity contribution is -0.145. The second kappa shape index (κ2) is 7.06. The Kier molecular flexibility index (Phi) is 5.49.